The van der Waals surface area contributed by atoms with Gasteiger partial charge in [-0.05, 0) is 12.1 Å². The minimum absolute atomic E-state index is 0.704. The lowest BCUT2D eigenvalue weighted by Gasteiger charge is -1.99. The zero-order valence-electron chi connectivity index (χ0n) is 8.01. The molecule has 0 atom stereocenters. The number of rotatable bonds is 2. The van der Waals surface area contributed by atoms with Crippen molar-refractivity contribution >= 4 is 5.82 Å². The first kappa shape index (κ1) is 8.74. The van der Waals surface area contributed by atoms with Gasteiger partial charge in [0.25, 0.3) is 0 Å². The van der Waals surface area contributed by atoms with Gasteiger partial charge in [0.15, 0.2) is 0 Å². The molecule has 0 fully saturated rings. The van der Waals surface area contributed by atoms with Gasteiger partial charge >= 0.3 is 0 Å². The lowest BCUT2D eigenvalue weighted by Crippen LogP contribution is -2.00. The van der Waals surface area contributed by atoms with Crippen molar-refractivity contribution in [3.8, 4) is 0 Å². The second-order valence-electron chi connectivity index (χ2n) is 3.18. The summed E-state index contributed by atoms with van der Waals surface area (Å²) in [5, 5.41) is 4.08. The van der Waals surface area contributed by atoms with Crippen molar-refractivity contribution in [3.63, 3.8) is 0 Å². The maximum Gasteiger partial charge on any atom is 0.124 e. The fourth-order valence-electron chi connectivity index (χ4n) is 1.33. The molecule has 4 heteroatoms. The predicted octanol–water partition coefficient (Wildman–Crippen LogP) is 0.988. The van der Waals surface area contributed by atoms with Crippen LogP contribution in [0.3, 0.4) is 0 Å². The average Bonchev–Trinajstić information content (AvgIpc) is 2.52. The molecule has 2 aromatic rings. The van der Waals surface area contributed by atoms with Crippen molar-refractivity contribution in [1.29, 1.82) is 0 Å². The number of hydrogen-bond donors (Lipinski definition) is 1. The zero-order chi connectivity index (χ0) is 9.97. The Morgan fingerprint density at radius 3 is 2.86 bits per heavy atom. The summed E-state index contributed by atoms with van der Waals surface area (Å²) in [4.78, 5) is 4.23. The summed E-state index contributed by atoms with van der Waals surface area (Å²) in [5.74, 6) is 0.704. The number of nitrogens with zero attached hydrogens (tertiary/aromatic N) is 3. The van der Waals surface area contributed by atoms with Gasteiger partial charge in [0.05, 0.1) is 6.20 Å². The van der Waals surface area contributed by atoms with Crippen LogP contribution >= 0.6 is 0 Å². The highest BCUT2D eigenvalue weighted by Gasteiger charge is 2.05. The maximum absolute atomic E-state index is 5.82. The molecule has 72 valence electrons. The van der Waals surface area contributed by atoms with E-state index in [9.17, 15) is 0 Å². The van der Waals surface area contributed by atoms with E-state index in [0.29, 0.717) is 5.82 Å². The molecule has 0 bridgehead atoms. The van der Waals surface area contributed by atoms with Crippen LogP contribution in [0.4, 0.5) is 5.82 Å². The number of nitrogen functional groups attached to an aromatic ring is 1. The smallest absolute Gasteiger partial charge is 0.124 e. The van der Waals surface area contributed by atoms with Crippen molar-refractivity contribution in [2.24, 2.45) is 7.05 Å². The third kappa shape index (κ3) is 1.59. The van der Waals surface area contributed by atoms with E-state index in [2.05, 4.69) is 10.1 Å². The van der Waals surface area contributed by atoms with E-state index in [1.165, 1.54) is 0 Å². The topological polar surface area (TPSA) is 56.7 Å². The first-order valence-electron chi connectivity index (χ1n) is 4.43. The quantitative estimate of drug-likeness (QED) is 0.764. The van der Waals surface area contributed by atoms with E-state index in [-0.39, 0.29) is 0 Å². The Morgan fingerprint density at radius 2 is 2.29 bits per heavy atom. The van der Waals surface area contributed by atoms with Gasteiger partial charge < -0.3 is 5.73 Å². The maximum atomic E-state index is 5.82. The molecule has 0 radical (unpaired) electrons. The summed E-state index contributed by atoms with van der Waals surface area (Å²) >= 11 is 0. The Labute approximate surface area is 82.4 Å². The molecule has 0 aromatic carbocycles. The second kappa shape index (κ2) is 3.49. The molecule has 14 heavy (non-hydrogen) atoms. The van der Waals surface area contributed by atoms with Crippen molar-refractivity contribution < 1.29 is 0 Å². The highest BCUT2D eigenvalue weighted by atomic mass is 15.3. The fraction of sp³-hybridized carbons (Fsp3) is 0.200. The first-order chi connectivity index (χ1) is 6.77. The fourth-order valence-corrected chi connectivity index (χ4v) is 1.33. The molecule has 0 saturated carbocycles. The van der Waals surface area contributed by atoms with Crippen LogP contribution in [0.5, 0.6) is 0 Å². The molecule has 2 N–H and O–H groups in total. The van der Waals surface area contributed by atoms with Gasteiger partial charge in [-0.25, -0.2) is 0 Å². The summed E-state index contributed by atoms with van der Waals surface area (Å²) in [6, 6.07) is 5.84. The number of anilines is 1. The average molecular weight is 188 g/mol. The Kier molecular flexibility index (Phi) is 2.18. The van der Waals surface area contributed by atoms with Gasteiger partial charge in [-0.15, -0.1) is 0 Å². The van der Waals surface area contributed by atoms with Crippen molar-refractivity contribution in [2.45, 2.75) is 6.42 Å². The number of aryl methyl sites for hydroxylation is 1. The van der Waals surface area contributed by atoms with E-state index in [0.717, 1.165) is 17.7 Å². The van der Waals surface area contributed by atoms with Crippen LogP contribution in [0.15, 0.2) is 30.6 Å². The van der Waals surface area contributed by atoms with E-state index in [1.54, 1.807) is 17.1 Å². The normalized spacial score (nSPS) is 10.4. The SMILES string of the molecule is Cn1ncc(Cc2ccccn2)c1N. The number of aromatic nitrogens is 3. The molecule has 2 rings (SSSR count). The van der Waals surface area contributed by atoms with Gasteiger partial charge in [0.2, 0.25) is 0 Å². The van der Waals surface area contributed by atoms with Gasteiger partial charge in [-0.1, -0.05) is 6.07 Å². The Hall–Kier alpha value is -1.84. The monoisotopic (exact) mass is 188 g/mol. The highest BCUT2D eigenvalue weighted by molar-refractivity contribution is 5.40. The van der Waals surface area contributed by atoms with Crippen LogP contribution in [-0.4, -0.2) is 14.8 Å². The highest BCUT2D eigenvalue weighted by Crippen LogP contribution is 2.13. The molecule has 0 spiro atoms. The Morgan fingerprint density at radius 1 is 1.43 bits per heavy atom. The van der Waals surface area contributed by atoms with Crippen molar-refractivity contribution in [3.05, 3.63) is 41.9 Å². The van der Waals surface area contributed by atoms with Crippen LogP contribution < -0.4 is 5.73 Å². The lowest BCUT2D eigenvalue weighted by molar-refractivity contribution is 0.778. The zero-order valence-corrected chi connectivity index (χ0v) is 8.01. The molecule has 0 saturated heterocycles. The molecule has 0 aliphatic carbocycles. The number of hydrogen-bond acceptors (Lipinski definition) is 3. The lowest BCUT2D eigenvalue weighted by atomic mass is 10.2. The third-order valence-electron chi connectivity index (χ3n) is 2.16. The summed E-state index contributed by atoms with van der Waals surface area (Å²) in [6.07, 6.45) is 4.30. The molecular formula is C10H12N4. The molecule has 0 aliphatic rings. The molecule has 0 unspecified atom stereocenters. The van der Waals surface area contributed by atoms with Gasteiger partial charge in [0.1, 0.15) is 5.82 Å². The summed E-state index contributed by atoms with van der Waals surface area (Å²) < 4.78 is 1.66. The molecule has 2 aromatic heterocycles. The standard InChI is InChI=1S/C10H12N4/c1-14-10(11)8(7-13-14)6-9-4-2-3-5-12-9/h2-5,7H,6,11H2,1H3. The second-order valence-corrected chi connectivity index (χ2v) is 3.18. The van der Waals surface area contributed by atoms with Crippen LogP contribution in [0, 0.1) is 0 Å². The molecule has 0 amide bonds. The minimum Gasteiger partial charge on any atom is -0.384 e. The van der Waals surface area contributed by atoms with Crippen LogP contribution in [0.1, 0.15) is 11.3 Å². The van der Waals surface area contributed by atoms with E-state index >= 15 is 0 Å². The number of pyridine rings is 1. The van der Waals surface area contributed by atoms with Crippen LogP contribution in [-0.2, 0) is 13.5 Å². The largest absolute Gasteiger partial charge is 0.384 e. The predicted molar refractivity (Wildman–Crippen MR) is 54.7 cm³/mol. The summed E-state index contributed by atoms with van der Waals surface area (Å²) in [7, 11) is 1.83. The summed E-state index contributed by atoms with van der Waals surface area (Å²) in [5.41, 5.74) is 7.85. The molecular weight excluding hydrogens is 176 g/mol. The molecule has 2 heterocycles. The van der Waals surface area contributed by atoms with E-state index < -0.39 is 0 Å². The van der Waals surface area contributed by atoms with Gasteiger partial charge in [-0.3, -0.25) is 9.67 Å². The van der Waals surface area contributed by atoms with Crippen LogP contribution in [0.2, 0.25) is 0 Å². The van der Waals surface area contributed by atoms with E-state index in [1.807, 2.05) is 25.2 Å². The van der Waals surface area contributed by atoms with Gasteiger partial charge in [0, 0.05) is 30.9 Å². The molecule has 4 nitrogen and oxygen atoms in total. The third-order valence-corrected chi connectivity index (χ3v) is 2.16. The first-order valence-corrected chi connectivity index (χ1v) is 4.43. The van der Waals surface area contributed by atoms with Crippen LogP contribution in [0.25, 0.3) is 0 Å². The minimum atomic E-state index is 0.704. The Bertz CT molecular complexity index is 419. The van der Waals surface area contributed by atoms with Crippen molar-refractivity contribution in [1.82, 2.24) is 14.8 Å². The van der Waals surface area contributed by atoms with Crippen molar-refractivity contribution in [2.75, 3.05) is 5.73 Å². The summed E-state index contributed by atoms with van der Waals surface area (Å²) in [6.45, 7) is 0. The number of nitrogens with two attached hydrogens (primary N) is 1. The van der Waals surface area contributed by atoms with E-state index in [4.69, 9.17) is 5.73 Å². The van der Waals surface area contributed by atoms with Gasteiger partial charge in [-0.2, -0.15) is 5.10 Å². The molecule has 0 aliphatic heterocycles. The Balaban J connectivity index is 2.23.